The van der Waals surface area contributed by atoms with Crippen LogP contribution in [-0.2, 0) is 12.8 Å². The predicted octanol–water partition coefficient (Wildman–Crippen LogP) is 2.85. The van der Waals surface area contributed by atoms with Gasteiger partial charge in [0.2, 0.25) is 0 Å². The van der Waals surface area contributed by atoms with Crippen LogP contribution in [0, 0.1) is 15.9 Å². The van der Waals surface area contributed by atoms with Crippen molar-refractivity contribution in [2.45, 2.75) is 18.9 Å². The van der Waals surface area contributed by atoms with E-state index >= 15 is 0 Å². The number of hydrogen-bond donors (Lipinski definition) is 1. The van der Waals surface area contributed by atoms with Crippen LogP contribution in [0.15, 0.2) is 48.5 Å². The van der Waals surface area contributed by atoms with Crippen LogP contribution < -0.4 is 5.73 Å². The van der Waals surface area contributed by atoms with Crippen LogP contribution in [-0.4, -0.2) is 11.0 Å². The molecule has 0 spiro atoms. The van der Waals surface area contributed by atoms with Crippen molar-refractivity contribution >= 4 is 5.69 Å². The maximum atomic E-state index is 12.8. The average Bonchev–Trinajstić information content (AvgIpc) is 2.41. The second kappa shape index (κ2) is 6.25. The Morgan fingerprint density at radius 2 is 1.75 bits per heavy atom. The molecule has 0 saturated carbocycles. The third kappa shape index (κ3) is 3.61. The molecule has 1 unspecified atom stereocenters. The lowest BCUT2D eigenvalue weighted by Gasteiger charge is -2.12. The Hall–Kier alpha value is -2.27. The lowest BCUT2D eigenvalue weighted by atomic mass is 9.99. The summed E-state index contributed by atoms with van der Waals surface area (Å²) < 4.78 is 12.8. The van der Waals surface area contributed by atoms with E-state index in [2.05, 4.69) is 0 Å². The van der Waals surface area contributed by atoms with Gasteiger partial charge in [0.15, 0.2) is 0 Å². The van der Waals surface area contributed by atoms with E-state index in [1.165, 1.54) is 18.2 Å². The zero-order valence-corrected chi connectivity index (χ0v) is 10.8. The highest BCUT2D eigenvalue weighted by atomic mass is 19.1. The van der Waals surface area contributed by atoms with Crippen molar-refractivity contribution in [1.29, 1.82) is 0 Å². The minimum Gasteiger partial charge on any atom is -0.327 e. The zero-order chi connectivity index (χ0) is 14.5. The van der Waals surface area contributed by atoms with Gasteiger partial charge in [0, 0.05) is 17.7 Å². The van der Waals surface area contributed by atoms with Crippen LogP contribution in [0.4, 0.5) is 10.1 Å². The largest absolute Gasteiger partial charge is 0.327 e. The summed E-state index contributed by atoms with van der Waals surface area (Å²) in [5.41, 5.74) is 7.65. The fourth-order valence-corrected chi connectivity index (χ4v) is 2.14. The topological polar surface area (TPSA) is 69.2 Å². The van der Waals surface area contributed by atoms with Crippen molar-refractivity contribution in [2.75, 3.05) is 0 Å². The molecule has 5 heteroatoms. The number of rotatable bonds is 5. The smallest absolute Gasteiger partial charge is 0.272 e. The summed E-state index contributed by atoms with van der Waals surface area (Å²) in [5.74, 6) is -0.291. The molecular formula is C15H15FN2O2. The highest BCUT2D eigenvalue weighted by Crippen LogP contribution is 2.19. The maximum Gasteiger partial charge on any atom is 0.272 e. The summed E-state index contributed by atoms with van der Waals surface area (Å²) in [6.45, 7) is 0. The van der Waals surface area contributed by atoms with Crippen molar-refractivity contribution in [3.8, 4) is 0 Å². The van der Waals surface area contributed by atoms with Crippen LogP contribution in [0.25, 0.3) is 0 Å². The van der Waals surface area contributed by atoms with Gasteiger partial charge in [-0.1, -0.05) is 30.3 Å². The Labute approximate surface area is 116 Å². The van der Waals surface area contributed by atoms with Gasteiger partial charge in [-0.2, -0.15) is 0 Å². The van der Waals surface area contributed by atoms with Crippen LogP contribution >= 0.6 is 0 Å². The zero-order valence-electron chi connectivity index (χ0n) is 10.8. The fourth-order valence-electron chi connectivity index (χ4n) is 2.14. The highest BCUT2D eigenvalue weighted by Gasteiger charge is 2.15. The number of hydrogen-bond acceptors (Lipinski definition) is 3. The molecular weight excluding hydrogens is 259 g/mol. The van der Waals surface area contributed by atoms with Crippen LogP contribution in [0.1, 0.15) is 11.1 Å². The summed E-state index contributed by atoms with van der Waals surface area (Å²) in [6, 6.07) is 12.4. The molecule has 0 radical (unpaired) electrons. The Bertz CT molecular complexity index is 599. The molecule has 0 saturated heterocycles. The van der Waals surface area contributed by atoms with Gasteiger partial charge in [-0.25, -0.2) is 4.39 Å². The second-order valence-corrected chi connectivity index (χ2v) is 4.68. The van der Waals surface area contributed by atoms with Gasteiger partial charge in [-0.3, -0.25) is 10.1 Å². The molecule has 0 aliphatic heterocycles. The summed E-state index contributed by atoms with van der Waals surface area (Å²) in [5, 5.41) is 10.9. The first-order valence-electron chi connectivity index (χ1n) is 6.28. The molecule has 1 atom stereocenters. The van der Waals surface area contributed by atoms with Crippen LogP contribution in [0.2, 0.25) is 0 Å². The quantitative estimate of drug-likeness (QED) is 0.673. The van der Waals surface area contributed by atoms with E-state index in [1.807, 2.05) is 0 Å². The molecule has 0 fully saturated rings. The second-order valence-electron chi connectivity index (χ2n) is 4.68. The number of para-hydroxylation sites is 1. The first kappa shape index (κ1) is 14.1. The molecule has 104 valence electrons. The number of nitro groups is 1. The number of halogens is 1. The SMILES string of the molecule is NC(Cc1ccc(F)cc1)Cc1ccccc1[N+](=O)[O-]. The van der Waals surface area contributed by atoms with Crippen molar-refractivity contribution < 1.29 is 9.31 Å². The van der Waals surface area contributed by atoms with E-state index in [-0.39, 0.29) is 17.5 Å². The van der Waals surface area contributed by atoms with Crippen molar-refractivity contribution in [2.24, 2.45) is 5.73 Å². The molecule has 2 aromatic rings. The molecule has 0 bridgehead atoms. The van der Waals surface area contributed by atoms with E-state index in [0.717, 1.165) is 5.56 Å². The van der Waals surface area contributed by atoms with E-state index in [1.54, 1.807) is 30.3 Å². The van der Waals surface area contributed by atoms with Gasteiger partial charge in [0.25, 0.3) is 5.69 Å². The lowest BCUT2D eigenvalue weighted by molar-refractivity contribution is -0.385. The van der Waals surface area contributed by atoms with E-state index in [9.17, 15) is 14.5 Å². The molecule has 0 aliphatic carbocycles. The van der Waals surface area contributed by atoms with Crippen LogP contribution in [0.5, 0.6) is 0 Å². The van der Waals surface area contributed by atoms with Crippen molar-refractivity contribution in [3.05, 3.63) is 75.6 Å². The Kier molecular flexibility index (Phi) is 4.42. The Morgan fingerprint density at radius 3 is 2.40 bits per heavy atom. The average molecular weight is 274 g/mol. The van der Waals surface area contributed by atoms with Gasteiger partial charge in [0.05, 0.1) is 4.92 Å². The normalized spacial score (nSPS) is 12.1. The molecule has 2 rings (SSSR count). The molecule has 0 aliphatic rings. The van der Waals surface area contributed by atoms with Gasteiger partial charge in [0.1, 0.15) is 5.82 Å². The van der Waals surface area contributed by atoms with Gasteiger partial charge < -0.3 is 5.73 Å². The van der Waals surface area contributed by atoms with Gasteiger partial charge in [-0.05, 0) is 30.5 Å². The van der Waals surface area contributed by atoms with E-state index in [4.69, 9.17) is 5.73 Å². The lowest BCUT2D eigenvalue weighted by Crippen LogP contribution is -2.25. The van der Waals surface area contributed by atoms with Crippen molar-refractivity contribution in [3.63, 3.8) is 0 Å². The first-order chi connectivity index (χ1) is 9.56. The number of nitrogens with two attached hydrogens (primary N) is 1. The minimum atomic E-state index is -0.403. The highest BCUT2D eigenvalue weighted by molar-refractivity contribution is 5.40. The van der Waals surface area contributed by atoms with Crippen molar-refractivity contribution in [1.82, 2.24) is 0 Å². The van der Waals surface area contributed by atoms with Gasteiger partial charge in [-0.15, -0.1) is 0 Å². The van der Waals surface area contributed by atoms with Crippen LogP contribution in [0.3, 0.4) is 0 Å². The monoisotopic (exact) mass is 274 g/mol. The maximum absolute atomic E-state index is 12.8. The van der Waals surface area contributed by atoms with E-state index in [0.29, 0.717) is 18.4 Å². The molecule has 2 N–H and O–H groups in total. The van der Waals surface area contributed by atoms with Gasteiger partial charge >= 0.3 is 0 Å². The molecule has 2 aromatic carbocycles. The molecule has 0 heterocycles. The molecule has 4 nitrogen and oxygen atoms in total. The first-order valence-corrected chi connectivity index (χ1v) is 6.28. The minimum absolute atomic E-state index is 0.0852. The standard InChI is InChI=1S/C15H15FN2O2/c16-13-7-5-11(6-8-13)9-14(17)10-12-3-1-2-4-15(12)18(19)20/h1-8,14H,9-10,17H2. The third-order valence-corrected chi connectivity index (χ3v) is 3.08. The summed E-state index contributed by atoms with van der Waals surface area (Å²) in [4.78, 5) is 10.5. The molecule has 20 heavy (non-hydrogen) atoms. The Balaban J connectivity index is 2.06. The summed E-state index contributed by atoms with van der Waals surface area (Å²) in [7, 11) is 0. The third-order valence-electron chi connectivity index (χ3n) is 3.08. The fraction of sp³-hybridized carbons (Fsp3) is 0.200. The van der Waals surface area contributed by atoms with E-state index < -0.39 is 4.92 Å². The molecule has 0 aromatic heterocycles. The number of benzene rings is 2. The predicted molar refractivity (Wildman–Crippen MR) is 74.9 cm³/mol. The summed E-state index contributed by atoms with van der Waals surface area (Å²) >= 11 is 0. The Morgan fingerprint density at radius 1 is 1.10 bits per heavy atom. The summed E-state index contributed by atoms with van der Waals surface area (Å²) in [6.07, 6.45) is 0.959. The molecule has 0 amide bonds. The number of nitro benzene ring substituents is 1. The number of nitrogens with zero attached hydrogens (tertiary/aromatic N) is 1.